The molecule has 0 unspecified atom stereocenters. The monoisotopic (exact) mass is 388 g/mol. The number of benzene rings is 1. The molecule has 0 aromatic heterocycles. The van der Waals surface area contributed by atoms with E-state index >= 15 is 0 Å². The van der Waals surface area contributed by atoms with Gasteiger partial charge in [0.05, 0.1) is 17.1 Å². The van der Waals surface area contributed by atoms with Crippen LogP contribution in [0.1, 0.15) is 24.8 Å². The van der Waals surface area contributed by atoms with Crippen LogP contribution in [-0.4, -0.2) is 57.0 Å². The molecule has 1 atom stereocenters. The van der Waals surface area contributed by atoms with E-state index in [1.54, 1.807) is 12.1 Å². The lowest BCUT2D eigenvalue weighted by Crippen LogP contribution is -2.53. The minimum Gasteiger partial charge on any atom is -0.370 e. The third-order valence-electron chi connectivity index (χ3n) is 5.99. The maximum absolute atomic E-state index is 12.7. The molecule has 26 heavy (non-hydrogen) atoms. The molecule has 8 heteroatoms. The average molecular weight is 388 g/mol. The van der Waals surface area contributed by atoms with Gasteiger partial charge in [0, 0.05) is 36.8 Å². The first-order chi connectivity index (χ1) is 12.2. The number of sulfone groups is 1. The highest BCUT2D eigenvalue weighted by molar-refractivity contribution is 7.92. The van der Waals surface area contributed by atoms with Gasteiger partial charge < -0.3 is 4.90 Å². The second-order valence-corrected chi connectivity index (χ2v) is 10.1. The summed E-state index contributed by atoms with van der Waals surface area (Å²) in [5, 5.41) is 0. The summed E-state index contributed by atoms with van der Waals surface area (Å²) < 4.78 is 61.3. The second kappa shape index (κ2) is 6.12. The molecule has 3 heterocycles. The molecule has 3 aliphatic rings. The van der Waals surface area contributed by atoms with E-state index in [-0.39, 0.29) is 5.41 Å². The van der Waals surface area contributed by atoms with E-state index in [9.17, 15) is 21.6 Å². The number of halogens is 3. The van der Waals surface area contributed by atoms with E-state index in [1.807, 2.05) is 0 Å². The third-order valence-corrected chi connectivity index (χ3v) is 8.10. The molecule has 4 rings (SSSR count). The Kier molecular flexibility index (Phi) is 4.26. The van der Waals surface area contributed by atoms with Gasteiger partial charge in [-0.15, -0.1) is 0 Å². The van der Waals surface area contributed by atoms with Crippen LogP contribution in [0.5, 0.6) is 0 Å². The van der Waals surface area contributed by atoms with Crippen molar-refractivity contribution >= 4 is 15.5 Å². The third kappa shape index (κ3) is 3.45. The predicted molar refractivity (Wildman–Crippen MR) is 94.0 cm³/mol. The van der Waals surface area contributed by atoms with E-state index in [1.165, 1.54) is 0 Å². The van der Waals surface area contributed by atoms with Gasteiger partial charge in [-0.1, -0.05) is 0 Å². The van der Waals surface area contributed by atoms with Crippen molar-refractivity contribution in [1.29, 1.82) is 0 Å². The quantitative estimate of drug-likeness (QED) is 0.781. The first-order valence-electron chi connectivity index (χ1n) is 9.03. The molecule has 4 nitrogen and oxygen atoms in total. The molecule has 3 fully saturated rings. The van der Waals surface area contributed by atoms with E-state index in [0.29, 0.717) is 17.5 Å². The Morgan fingerprint density at radius 2 is 1.77 bits per heavy atom. The van der Waals surface area contributed by atoms with Crippen molar-refractivity contribution in [3.63, 3.8) is 0 Å². The van der Waals surface area contributed by atoms with Gasteiger partial charge >= 0.3 is 6.18 Å². The van der Waals surface area contributed by atoms with Crippen LogP contribution in [0.4, 0.5) is 18.9 Å². The highest BCUT2D eigenvalue weighted by Gasteiger charge is 2.53. The molecule has 0 amide bonds. The second-order valence-electron chi connectivity index (χ2n) is 8.04. The van der Waals surface area contributed by atoms with Crippen molar-refractivity contribution in [2.24, 2.45) is 5.41 Å². The molecule has 0 N–H and O–H groups in total. The molecule has 1 aromatic carbocycles. The molecule has 0 aliphatic carbocycles. The van der Waals surface area contributed by atoms with E-state index in [4.69, 9.17) is 0 Å². The van der Waals surface area contributed by atoms with Crippen LogP contribution in [0.2, 0.25) is 0 Å². The molecule has 0 saturated carbocycles. The maximum Gasteiger partial charge on any atom is 0.416 e. The lowest BCUT2D eigenvalue weighted by molar-refractivity contribution is -0.137. The molecule has 3 saturated heterocycles. The molecule has 1 aromatic rings. The van der Waals surface area contributed by atoms with Crippen LogP contribution in [0.15, 0.2) is 24.3 Å². The Balaban J connectivity index is 1.40. The van der Waals surface area contributed by atoms with Crippen molar-refractivity contribution < 1.29 is 21.6 Å². The number of alkyl halides is 3. The number of likely N-dealkylation sites (tertiary alicyclic amines) is 1. The lowest BCUT2D eigenvalue weighted by atomic mass is 9.91. The van der Waals surface area contributed by atoms with E-state index in [2.05, 4.69) is 9.80 Å². The summed E-state index contributed by atoms with van der Waals surface area (Å²) in [6.45, 7) is 3.38. The van der Waals surface area contributed by atoms with Crippen LogP contribution >= 0.6 is 0 Å². The van der Waals surface area contributed by atoms with E-state index in [0.717, 1.165) is 63.3 Å². The fourth-order valence-corrected chi connectivity index (χ4v) is 7.01. The van der Waals surface area contributed by atoms with Gasteiger partial charge in [-0.25, -0.2) is 8.42 Å². The zero-order valence-electron chi connectivity index (χ0n) is 14.5. The highest BCUT2D eigenvalue weighted by atomic mass is 32.2. The largest absolute Gasteiger partial charge is 0.416 e. The fraction of sp³-hybridized carbons (Fsp3) is 0.667. The Bertz CT molecular complexity index is 765. The Morgan fingerprint density at radius 1 is 1.08 bits per heavy atom. The van der Waals surface area contributed by atoms with Gasteiger partial charge in [-0.3, -0.25) is 4.90 Å². The highest BCUT2D eigenvalue weighted by Crippen LogP contribution is 2.42. The summed E-state index contributed by atoms with van der Waals surface area (Å²) in [5.74, 6) is 0.623. The van der Waals surface area contributed by atoms with Crippen molar-refractivity contribution in [1.82, 2.24) is 4.90 Å². The number of anilines is 1. The Hall–Kier alpha value is -1.28. The van der Waals surface area contributed by atoms with Crippen LogP contribution < -0.4 is 4.90 Å². The number of rotatable bonds is 2. The summed E-state index contributed by atoms with van der Waals surface area (Å²) in [4.78, 5) is 4.54. The Morgan fingerprint density at radius 3 is 2.38 bits per heavy atom. The minimum atomic E-state index is -4.31. The molecule has 1 spiro atoms. The van der Waals surface area contributed by atoms with Crippen molar-refractivity contribution in [2.75, 3.05) is 42.6 Å². The van der Waals surface area contributed by atoms with Crippen LogP contribution in [0.25, 0.3) is 0 Å². The lowest BCUT2D eigenvalue weighted by Gasteiger charge is -2.41. The minimum absolute atomic E-state index is 0.0462. The molecular formula is C18H23F3N2O2S. The predicted octanol–water partition coefficient (Wildman–Crippen LogP) is 2.79. The number of hydrogen-bond donors (Lipinski definition) is 0. The molecule has 3 aliphatic heterocycles. The maximum atomic E-state index is 12.7. The number of piperidine rings is 1. The average Bonchev–Trinajstić information content (AvgIpc) is 2.98. The van der Waals surface area contributed by atoms with Gasteiger partial charge in [-0.05, 0) is 50.1 Å². The standard InChI is InChI=1S/C18H23F3N2O2S/c19-18(20,21)14-3-5-15(6-4-14)22-8-1-2-16(10-22)23-9-7-17(11-23)12-26(24,25)13-17/h3-6,16H,1-2,7-13H2/t16-/m0/s1. The smallest absolute Gasteiger partial charge is 0.370 e. The first kappa shape index (κ1) is 18.1. The van der Waals surface area contributed by atoms with Gasteiger partial charge in [0.15, 0.2) is 9.84 Å². The summed E-state index contributed by atoms with van der Waals surface area (Å²) >= 11 is 0. The van der Waals surface area contributed by atoms with E-state index < -0.39 is 21.6 Å². The van der Waals surface area contributed by atoms with Crippen LogP contribution in [0, 0.1) is 5.41 Å². The fourth-order valence-electron chi connectivity index (χ4n) is 4.76. The van der Waals surface area contributed by atoms with Crippen molar-refractivity contribution in [3.8, 4) is 0 Å². The summed E-state index contributed by atoms with van der Waals surface area (Å²) in [6, 6.07) is 5.73. The molecule has 144 valence electrons. The summed E-state index contributed by atoms with van der Waals surface area (Å²) in [6.07, 6.45) is -1.33. The Labute approximate surface area is 151 Å². The summed E-state index contributed by atoms with van der Waals surface area (Å²) in [7, 11) is -2.83. The van der Waals surface area contributed by atoms with Gasteiger partial charge in [-0.2, -0.15) is 13.2 Å². The van der Waals surface area contributed by atoms with Crippen LogP contribution in [-0.2, 0) is 16.0 Å². The van der Waals surface area contributed by atoms with Gasteiger partial charge in [0.25, 0.3) is 0 Å². The summed E-state index contributed by atoms with van der Waals surface area (Å²) in [5.41, 5.74) is 0.153. The SMILES string of the molecule is O=S1(=O)CC2(CCN([C@H]3CCCN(c4ccc(C(F)(F)F)cc4)C3)C2)C1. The zero-order valence-corrected chi connectivity index (χ0v) is 15.3. The molecule has 0 bridgehead atoms. The van der Waals surface area contributed by atoms with Crippen molar-refractivity contribution in [3.05, 3.63) is 29.8 Å². The van der Waals surface area contributed by atoms with Crippen molar-refractivity contribution in [2.45, 2.75) is 31.5 Å². The van der Waals surface area contributed by atoms with Gasteiger partial charge in [0.2, 0.25) is 0 Å². The van der Waals surface area contributed by atoms with Gasteiger partial charge in [0.1, 0.15) is 0 Å². The normalized spacial score (nSPS) is 28.3. The first-order valence-corrected chi connectivity index (χ1v) is 10.8. The molecule has 0 radical (unpaired) electrons. The zero-order chi connectivity index (χ0) is 18.6. The number of nitrogens with zero attached hydrogens (tertiary/aromatic N) is 2. The van der Waals surface area contributed by atoms with Crippen LogP contribution in [0.3, 0.4) is 0 Å². The number of hydrogen-bond acceptors (Lipinski definition) is 4. The topological polar surface area (TPSA) is 40.6 Å². The molecular weight excluding hydrogens is 365 g/mol.